The third kappa shape index (κ3) is 2.71. The highest BCUT2D eigenvalue weighted by molar-refractivity contribution is 9.22. The lowest BCUT2D eigenvalue weighted by atomic mass is 10.5. The molecule has 0 radical (unpaired) electrons. The Kier molecular flexibility index (Phi) is 4.29. The van der Waals surface area contributed by atoms with Crippen molar-refractivity contribution < 1.29 is 4.79 Å². The number of H-pyrrole nitrogens is 1. The quantitative estimate of drug-likeness (QED) is 0.513. The van der Waals surface area contributed by atoms with Gasteiger partial charge in [-0.3, -0.25) is 8.72 Å². The molecule has 4 heterocycles. The van der Waals surface area contributed by atoms with Crippen molar-refractivity contribution in [2.45, 2.75) is 10.5 Å². The summed E-state index contributed by atoms with van der Waals surface area (Å²) in [5.74, 6) is 2.01. The molecule has 3 aliphatic rings. The van der Waals surface area contributed by atoms with Crippen molar-refractivity contribution in [1.82, 2.24) is 20.3 Å². The zero-order valence-electron chi connectivity index (χ0n) is 9.79. The number of nitrogens with zero attached hydrogens (tertiary/aromatic N) is 4. The van der Waals surface area contributed by atoms with Crippen molar-refractivity contribution in [2.75, 3.05) is 9.80 Å². The SMILES string of the molecule is BrN1CSc2nc[nH]c21.O=CC1=CNC2SC(Br)=NN12. The lowest BCUT2D eigenvalue weighted by Crippen LogP contribution is -2.26. The Morgan fingerprint density at radius 3 is 3.15 bits per heavy atom. The fourth-order valence-corrected chi connectivity index (χ4v) is 4.57. The van der Waals surface area contributed by atoms with Crippen LogP contribution in [0, 0.1) is 0 Å². The zero-order valence-corrected chi connectivity index (χ0v) is 14.6. The molecule has 0 aromatic carbocycles. The van der Waals surface area contributed by atoms with Crippen LogP contribution in [0.2, 0.25) is 0 Å². The number of hydrazone groups is 1. The second-order valence-electron chi connectivity index (χ2n) is 3.71. The molecule has 0 aliphatic carbocycles. The summed E-state index contributed by atoms with van der Waals surface area (Å²) in [6.07, 6.45) is 4.14. The number of rotatable bonds is 1. The topological polar surface area (TPSA) is 76.6 Å². The van der Waals surface area contributed by atoms with Crippen LogP contribution in [-0.2, 0) is 4.79 Å². The molecule has 0 fully saturated rings. The Hall–Kier alpha value is -0.650. The van der Waals surface area contributed by atoms with E-state index in [9.17, 15) is 4.79 Å². The molecule has 0 saturated carbocycles. The van der Waals surface area contributed by atoms with Crippen LogP contribution in [0.1, 0.15) is 0 Å². The maximum absolute atomic E-state index is 10.4. The van der Waals surface area contributed by atoms with Gasteiger partial charge in [0.15, 0.2) is 21.6 Å². The first-order valence-corrected chi connectivity index (χ1v) is 8.76. The number of thioether (sulfide) groups is 2. The fraction of sp³-hybridized carbons (Fsp3) is 0.222. The molecule has 1 unspecified atom stereocenters. The molecule has 0 bridgehead atoms. The van der Waals surface area contributed by atoms with E-state index in [1.54, 1.807) is 29.3 Å². The number of imidazole rings is 1. The van der Waals surface area contributed by atoms with Gasteiger partial charge in [-0.05, 0) is 27.7 Å². The lowest BCUT2D eigenvalue weighted by Gasteiger charge is -2.12. The maximum Gasteiger partial charge on any atom is 0.175 e. The molecular weight excluding hydrogens is 432 g/mol. The van der Waals surface area contributed by atoms with E-state index in [1.807, 2.05) is 3.93 Å². The summed E-state index contributed by atoms with van der Waals surface area (Å²) in [5.41, 5.74) is 0.626. The third-order valence-electron chi connectivity index (χ3n) is 2.52. The number of aldehydes is 1. The number of anilines is 1. The standard InChI is InChI=1S/C5H4BrN3OS.C4H4BrN3S/c6-4-8-9-3(2-10)1-7-5(9)11-4;5-8-2-9-4-3(8)6-1-7-4/h1-2,5,7H;1H,2H2,(H,6,7). The first-order chi connectivity index (χ1) is 9.69. The number of aromatic amines is 1. The maximum atomic E-state index is 10.4. The lowest BCUT2D eigenvalue weighted by molar-refractivity contribution is -0.106. The predicted octanol–water partition coefficient (Wildman–Crippen LogP) is 2.22. The fourth-order valence-electron chi connectivity index (χ4n) is 1.65. The third-order valence-corrected chi connectivity index (χ3v) is 5.97. The molecule has 1 aromatic rings. The van der Waals surface area contributed by atoms with Gasteiger partial charge in [0.05, 0.1) is 28.4 Å². The summed E-state index contributed by atoms with van der Waals surface area (Å²) in [6, 6.07) is 0. The van der Waals surface area contributed by atoms with Crippen LogP contribution in [0.15, 0.2) is 28.4 Å². The van der Waals surface area contributed by atoms with E-state index >= 15 is 0 Å². The largest absolute Gasteiger partial charge is 0.359 e. The molecule has 0 saturated heterocycles. The Morgan fingerprint density at radius 1 is 1.55 bits per heavy atom. The van der Waals surface area contributed by atoms with Gasteiger partial charge in [-0.2, -0.15) is 5.10 Å². The first kappa shape index (κ1) is 14.3. The number of carbonyl (C=O) groups is 1. The van der Waals surface area contributed by atoms with E-state index in [-0.39, 0.29) is 5.50 Å². The summed E-state index contributed by atoms with van der Waals surface area (Å²) in [6.45, 7) is 0. The smallest absolute Gasteiger partial charge is 0.175 e. The number of aromatic nitrogens is 2. The minimum atomic E-state index is 0.0598. The first-order valence-electron chi connectivity index (χ1n) is 5.40. The van der Waals surface area contributed by atoms with Gasteiger partial charge in [-0.1, -0.05) is 11.8 Å². The molecule has 2 N–H and O–H groups in total. The van der Waals surface area contributed by atoms with Crippen LogP contribution >= 0.6 is 55.6 Å². The molecule has 106 valence electrons. The highest BCUT2D eigenvalue weighted by Crippen LogP contribution is 2.36. The summed E-state index contributed by atoms with van der Waals surface area (Å²) < 4.78 is 2.75. The Bertz CT molecular complexity index is 591. The second-order valence-corrected chi connectivity index (χ2v) is 7.85. The number of fused-ring (bicyclic) bond motifs is 2. The van der Waals surface area contributed by atoms with Crippen LogP contribution in [0.25, 0.3) is 0 Å². The van der Waals surface area contributed by atoms with Crippen molar-refractivity contribution in [1.29, 1.82) is 0 Å². The number of hydrogen-bond donors (Lipinski definition) is 2. The highest BCUT2D eigenvalue weighted by Gasteiger charge is 2.32. The molecule has 1 aromatic heterocycles. The van der Waals surface area contributed by atoms with Crippen LogP contribution < -0.4 is 9.24 Å². The van der Waals surface area contributed by atoms with Crippen LogP contribution in [0.5, 0.6) is 0 Å². The number of carbonyl (C=O) groups excluding carboxylic acids is 1. The second kappa shape index (κ2) is 6.00. The zero-order chi connectivity index (χ0) is 14.1. The van der Waals surface area contributed by atoms with Gasteiger partial charge < -0.3 is 10.3 Å². The van der Waals surface area contributed by atoms with Crippen LogP contribution in [0.4, 0.5) is 5.82 Å². The van der Waals surface area contributed by atoms with Gasteiger partial charge in [0, 0.05) is 6.20 Å². The molecule has 1 atom stereocenters. The molecular formula is C9H8Br2N6OS2. The normalized spacial score (nSPS) is 22.4. The van der Waals surface area contributed by atoms with E-state index in [0.717, 1.165) is 27.0 Å². The Morgan fingerprint density at radius 2 is 2.40 bits per heavy atom. The summed E-state index contributed by atoms with van der Waals surface area (Å²) >= 11 is 9.84. The number of halogens is 2. The number of nitrogens with one attached hydrogen (secondary N) is 2. The van der Waals surface area contributed by atoms with Gasteiger partial charge in [-0.15, -0.1) is 0 Å². The van der Waals surface area contributed by atoms with Gasteiger partial charge in [0.1, 0.15) is 10.7 Å². The molecule has 0 amide bonds. The van der Waals surface area contributed by atoms with E-state index in [4.69, 9.17) is 0 Å². The van der Waals surface area contributed by atoms with Crippen molar-refractivity contribution in [3.05, 3.63) is 18.2 Å². The highest BCUT2D eigenvalue weighted by atomic mass is 79.9. The molecule has 0 spiro atoms. The minimum Gasteiger partial charge on any atom is -0.359 e. The Labute approximate surface area is 140 Å². The molecule has 3 aliphatic heterocycles. The van der Waals surface area contributed by atoms with Crippen LogP contribution in [0.3, 0.4) is 0 Å². The molecule has 20 heavy (non-hydrogen) atoms. The predicted molar refractivity (Wildman–Crippen MR) is 87.6 cm³/mol. The van der Waals surface area contributed by atoms with Crippen molar-refractivity contribution in [2.24, 2.45) is 5.10 Å². The van der Waals surface area contributed by atoms with Crippen molar-refractivity contribution >= 4 is 71.7 Å². The average molecular weight is 440 g/mol. The van der Waals surface area contributed by atoms with Crippen molar-refractivity contribution in [3.8, 4) is 0 Å². The van der Waals surface area contributed by atoms with E-state index in [0.29, 0.717) is 5.70 Å². The summed E-state index contributed by atoms with van der Waals surface area (Å²) in [4.78, 5) is 17.5. The summed E-state index contributed by atoms with van der Waals surface area (Å²) in [5, 5.41) is 9.79. The van der Waals surface area contributed by atoms with Crippen LogP contribution in [-0.4, -0.2) is 36.6 Å². The van der Waals surface area contributed by atoms with Gasteiger partial charge in [0.2, 0.25) is 0 Å². The van der Waals surface area contributed by atoms with Gasteiger partial charge >= 0.3 is 0 Å². The van der Waals surface area contributed by atoms with Crippen molar-refractivity contribution in [3.63, 3.8) is 0 Å². The Balaban J connectivity index is 0.000000123. The van der Waals surface area contributed by atoms with E-state index < -0.39 is 0 Å². The number of hydrogen-bond acceptors (Lipinski definition) is 8. The molecule has 4 rings (SSSR count). The molecule has 11 heteroatoms. The van der Waals surface area contributed by atoms with Gasteiger partial charge in [-0.25, -0.2) is 9.99 Å². The minimum absolute atomic E-state index is 0.0598. The van der Waals surface area contributed by atoms with E-state index in [1.165, 1.54) is 11.8 Å². The monoisotopic (exact) mass is 438 g/mol. The summed E-state index contributed by atoms with van der Waals surface area (Å²) in [7, 11) is 0. The average Bonchev–Trinajstić information content (AvgIpc) is 3.13. The van der Waals surface area contributed by atoms with E-state index in [2.05, 4.69) is 52.5 Å². The van der Waals surface area contributed by atoms with Gasteiger partial charge in [0.25, 0.3) is 0 Å². The number of allylic oxidation sites excluding steroid dienone is 1. The molecule has 7 nitrogen and oxygen atoms in total.